The third kappa shape index (κ3) is 5.48. The Labute approximate surface area is 238 Å². The lowest BCUT2D eigenvalue weighted by Crippen LogP contribution is -2.31. The summed E-state index contributed by atoms with van der Waals surface area (Å²) in [5, 5.41) is 18.2. The molecule has 0 unspecified atom stereocenters. The highest BCUT2D eigenvalue weighted by atomic mass is 16.5. The topological polar surface area (TPSA) is 148 Å². The summed E-state index contributed by atoms with van der Waals surface area (Å²) < 4.78 is 6.91. The molecule has 1 atom stereocenters. The van der Waals surface area contributed by atoms with Crippen molar-refractivity contribution < 1.29 is 9.63 Å². The average molecular weight is 557 g/mol. The van der Waals surface area contributed by atoms with E-state index < -0.39 is 11.4 Å². The number of anilines is 1. The molecule has 2 fully saturated rings. The van der Waals surface area contributed by atoms with E-state index in [2.05, 4.69) is 37.9 Å². The molecule has 4 heterocycles. The highest BCUT2D eigenvalue weighted by Gasteiger charge is 2.29. The van der Waals surface area contributed by atoms with E-state index in [9.17, 15) is 9.90 Å². The lowest BCUT2D eigenvalue weighted by molar-refractivity contribution is 0.0785. The number of rotatable bonds is 8. The molecule has 11 nitrogen and oxygen atoms in total. The van der Waals surface area contributed by atoms with Gasteiger partial charge in [0.2, 0.25) is 11.6 Å². The number of hydrogen-bond acceptors (Lipinski definition) is 9. The number of nitrogens with zero attached hydrogens (tertiary/aromatic N) is 6. The molecule has 0 amide bonds. The highest BCUT2D eigenvalue weighted by Crippen LogP contribution is 2.37. The van der Waals surface area contributed by atoms with Crippen molar-refractivity contribution in [1.82, 2.24) is 34.6 Å². The Bertz CT molecular complexity index is 1640. The molecule has 0 aromatic carbocycles. The van der Waals surface area contributed by atoms with E-state index >= 15 is 0 Å². The SMILES string of the molecule is C#C[C@H]1CC[C@H](Cn2c(-c3cc(C(C)(C)O)ccn3)nc3nc(-c4noc(=O)[nH]4)nc(N[C@H](C)C4CCC4)c32)CC1. The Morgan fingerprint density at radius 2 is 2.00 bits per heavy atom. The van der Waals surface area contributed by atoms with Gasteiger partial charge >= 0.3 is 5.76 Å². The van der Waals surface area contributed by atoms with Gasteiger partial charge in [-0.15, -0.1) is 12.3 Å². The molecule has 3 N–H and O–H groups in total. The summed E-state index contributed by atoms with van der Waals surface area (Å²) in [5.41, 5.74) is 1.56. The molecular formula is C30H36N8O3. The maximum atomic E-state index is 11.7. The first-order chi connectivity index (χ1) is 19.7. The van der Waals surface area contributed by atoms with Crippen LogP contribution >= 0.6 is 0 Å². The van der Waals surface area contributed by atoms with E-state index in [1.54, 1.807) is 20.0 Å². The Morgan fingerprint density at radius 3 is 2.63 bits per heavy atom. The molecule has 214 valence electrons. The summed E-state index contributed by atoms with van der Waals surface area (Å²) >= 11 is 0. The molecule has 4 aromatic rings. The van der Waals surface area contributed by atoms with Crippen molar-refractivity contribution in [1.29, 1.82) is 0 Å². The van der Waals surface area contributed by atoms with Gasteiger partial charge in [0.25, 0.3) is 0 Å². The molecule has 6 rings (SSSR count). The van der Waals surface area contributed by atoms with Gasteiger partial charge in [0.1, 0.15) is 11.2 Å². The van der Waals surface area contributed by atoms with Crippen LogP contribution < -0.4 is 11.1 Å². The minimum Gasteiger partial charge on any atom is -0.386 e. The van der Waals surface area contributed by atoms with Crippen LogP contribution in [0.5, 0.6) is 0 Å². The monoisotopic (exact) mass is 556 g/mol. The zero-order valence-electron chi connectivity index (χ0n) is 23.7. The molecule has 2 saturated carbocycles. The number of pyridine rings is 1. The zero-order valence-corrected chi connectivity index (χ0v) is 23.7. The number of imidazole rings is 1. The normalized spacial score (nSPS) is 20.5. The number of aliphatic hydroxyl groups is 1. The van der Waals surface area contributed by atoms with Crippen molar-refractivity contribution >= 4 is 17.0 Å². The molecule has 0 radical (unpaired) electrons. The molecule has 2 aliphatic carbocycles. The van der Waals surface area contributed by atoms with Crippen molar-refractivity contribution in [3.63, 3.8) is 0 Å². The van der Waals surface area contributed by atoms with Gasteiger partial charge in [0.15, 0.2) is 17.3 Å². The zero-order chi connectivity index (χ0) is 28.7. The first kappa shape index (κ1) is 27.1. The lowest BCUT2D eigenvalue weighted by Gasteiger charge is -2.32. The van der Waals surface area contributed by atoms with Crippen molar-refractivity contribution in [2.75, 3.05) is 5.32 Å². The van der Waals surface area contributed by atoms with E-state index in [1.807, 2.05) is 12.1 Å². The van der Waals surface area contributed by atoms with Crippen LogP contribution in [0.4, 0.5) is 5.82 Å². The Kier molecular flexibility index (Phi) is 7.11. The lowest BCUT2D eigenvalue weighted by atomic mass is 9.80. The summed E-state index contributed by atoms with van der Waals surface area (Å²) in [6.07, 6.45) is 15.0. The second-order valence-corrected chi connectivity index (χ2v) is 12.1. The van der Waals surface area contributed by atoms with Gasteiger partial charge in [0, 0.05) is 24.7 Å². The van der Waals surface area contributed by atoms with E-state index in [0.29, 0.717) is 47.3 Å². The predicted molar refractivity (Wildman–Crippen MR) is 155 cm³/mol. The molecule has 0 bridgehead atoms. The maximum absolute atomic E-state index is 11.7. The van der Waals surface area contributed by atoms with Crippen molar-refractivity contribution in [3.8, 4) is 35.5 Å². The van der Waals surface area contributed by atoms with Gasteiger partial charge in [0.05, 0.1) is 5.60 Å². The van der Waals surface area contributed by atoms with E-state index in [0.717, 1.165) is 36.8 Å². The molecule has 0 aliphatic heterocycles. The molecular weight excluding hydrogens is 520 g/mol. The standard InChI is InChI=1S/C30H36N8O3/c1-5-18-9-11-19(12-10-18)16-38-23-24(32-17(2)20-7-6-8-20)33-26(27-36-29(39)41-37-27)34-25(23)35-28(38)22-15-21(13-14-31-22)30(3,4)40/h1,13-15,17-20,40H,6-12,16H2,2-4H3,(H,32,33,34)(H,36,37,39)/t17-,18-,19-/m1/s1. The quantitative estimate of drug-likeness (QED) is 0.267. The minimum absolute atomic E-state index is 0.141. The summed E-state index contributed by atoms with van der Waals surface area (Å²) in [6.45, 7) is 6.37. The largest absolute Gasteiger partial charge is 0.439 e. The summed E-state index contributed by atoms with van der Waals surface area (Å²) in [7, 11) is 0. The number of H-pyrrole nitrogens is 1. The molecule has 2 aliphatic rings. The molecule has 0 spiro atoms. The van der Waals surface area contributed by atoms with Gasteiger partial charge in [-0.3, -0.25) is 14.5 Å². The molecule has 11 heteroatoms. The first-order valence-electron chi connectivity index (χ1n) is 14.5. The number of nitrogens with one attached hydrogen (secondary N) is 2. The number of fused-ring (bicyclic) bond motifs is 1. The second kappa shape index (κ2) is 10.7. The van der Waals surface area contributed by atoms with Crippen molar-refractivity contribution in [2.24, 2.45) is 17.8 Å². The number of aromatic nitrogens is 7. The number of aromatic amines is 1. The van der Waals surface area contributed by atoms with Crippen LogP contribution in [-0.4, -0.2) is 45.8 Å². The fraction of sp³-hybridized carbons (Fsp3) is 0.533. The van der Waals surface area contributed by atoms with Crippen LogP contribution in [0.15, 0.2) is 27.6 Å². The van der Waals surface area contributed by atoms with Gasteiger partial charge in [-0.25, -0.2) is 19.7 Å². The fourth-order valence-electron chi connectivity index (χ4n) is 5.92. The van der Waals surface area contributed by atoms with Crippen molar-refractivity contribution in [2.45, 2.75) is 83.9 Å². The van der Waals surface area contributed by atoms with Crippen LogP contribution in [0.3, 0.4) is 0 Å². The first-order valence-corrected chi connectivity index (χ1v) is 14.5. The summed E-state index contributed by atoms with van der Waals surface area (Å²) in [5.74, 6) is 5.15. The number of hydrogen-bond donors (Lipinski definition) is 3. The second-order valence-electron chi connectivity index (χ2n) is 12.1. The van der Waals surface area contributed by atoms with Crippen LogP contribution in [0, 0.1) is 30.1 Å². The van der Waals surface area contributed by atoms with Gasteiger partial charge in [-0.1, -0.05) is 11.6 Å². The predicted octanol–water partition coefficient (Wildman–Crippen LogP) is 4.50. The van der Waals surface area contributed by atoms with E-state index in [4.69, 9.17) is 25.9 Å². The van der Waals surface area contributed by atoms with Crippen LogP contribution in [0.2, 0.25) is 0 Å². The highest BCUT2D eigenvalue weighted by molar-refractivity contribution is 5.88. The third-order valence-corrected chi connectivity index (χ3v) is 8.70. The van der Waals surface area contributed by atoms with Gasteiger partial charge in [-0.05, 0) is 88.8 Å². The average Bonchev–Trinajstić information content (AvgIpc) is 3.51. The van der Waals surface area contributed by atoms with Gasteiger partial charge < -0.3 is 15.0 Å². The fourth-order valence-corrected chi connectivity index (χ4v) is 5.92. The maximum Gasteiger partial charge on any atom is 0.439 e. The molecule has 41 heavy (non-hydrogen) atoms. The molecule has 0 saturated heterocycles. The minimum atomic E-state index is -1.04. The summed E-state index contributed by atoms with van der Waals surface area (Å²) in [4.78, 5) is 33.5. The van der Waals surface area contributed by atoms with E-state index in [1.165, 1.54) is 19.3 Å². The van der Waals surface area contributed by atoms with Crippen LogP contribution in [0.25, 0.3) is 34.3 Å². The third-order valence-electron chi connectivity index (χ3n) is 8.70. The smallest absolute Gasteiger partial charge is 0.386 e. The molecule has 4 aromatic heterocycles. The Morgan fingerprint density at radius 1 is 1.22 bits per heavy atom. The Hall–Kier alpha value is -4.04. The van der Waals surface area contributed by atoms with Crippen LogP contribution in [0.1, 0.15) is 71.3 Å². The van der Waals surface area contributed by atoms with Crippen LogP contribution in [-0.2, 0) is 12.1 Å². The van der Waals surface area contributed by atoms with Gasteiger partial charge in [-0.2, -0.15) is 0 Å². The van der Waals surface area contributed by atoms with Crippen molar-refractivity contribution in [3.05, 3.63) is 34.4 Å². The Balaban J connectivity index is 1.52. The van der Waals surface area contributed by atoms with E-state index in [-0.39, 0.29) is 17.7 Å². The summed E-state index contributed by atoms with van der Waals surface area (Å²) in [6, 6.07) is 3.87. The number of terminal acetylenes is 1.